The van der Waals surface area contributed by atoms with Gasteiger partial charge in [0.25, 0.3) is 0 Å². The molecule has 0 aromatic rings. The maximum atomic E-state index is 12.1. The van der Waals surface area contributed by atoms with Crippen LogP contribution in [0.25, 0.3) is 0 Å². The number of ether oxygens (including phenoxy) is 2. The zero-order valence-electron chi connectivity index (χ0n) is 13.9. The van der Waals surface area contributed by atoms with Crippen LogP contribution < -0.4 is 0 Å². The molecule has 27 heavy (non-hydrogen) atoms. The molecule has 4 nitrogen and oxygen atoms in total. The molecule has 0 rings (SSSR count). The monoisotopic (exact) mass is 418 g/mol. The molecule has 0 bridgehead atoms. The van der Waals surface area contributed by atoms with Gasteiger partial charge in [0.05, 0.1) is 0 Å². The lowest BCUT2D eigenvalue weighted by molar-refractivity contribution is -0.293. The summed E-state index contributed by atoms with van der Waals surface area (Å²) in [7, 11) is 0. The van der Waals surface area contributed by atoms with E-state index in [0.29, 0.717) is 0 Å². The van der Waals surface area contributed by atoms with Crippen LogP contribution in [-0.2, 0) is 19.1 Å². The molecule has 0 aromatic carbocycles. The third-order valence-electron chi connectivity index (χ3n) is 2.21. The van der Waals surface area contributed by atoms with Crippen molar-refractivity contribution in [2.24, 2.45) is 0 Å². The van der Waals surface area contributed by atoms with Crippen molar-refractivity contribution < 1.29 is 58.6 Å². The summed E-state index contributed by atoms with van der Waals surface area (Å²) < 4.78 is 114. The average Bonchev–Trinajstić information content (AvgIpc) is 2.49. The summed E-state index contributed by atoms with van der Waals surface area (Å²) in [6.45, 7) is 4.81. The first-order valence-electron chi connectivity index (χ1n) is 6.61. The van der Waals surface area contributed by atoms with Gasteiger partial charge in [-0.2, -0.15) is 30.7 Å². The first-order chi connectivity index (χ1) is 11.8. The molecule has 0 N–H and O–H groups in total. The molecule has 0 aliphatic heterocycles. The van der Waals surface area contributed by atoms with E-state index in [-0.39, 0.29) is 11.1 Å². The predicted octanol–water partition coefficient (Wildman–Crippen LogP) is 4.31. The minimum absolute atomic E-state index is 0.120. The van der Waals surface area contributed by atoms with E-state index in [4.69, 9.17) is 0 Å². The predicted molar refractivity (Wildman–Crippen MR) is 73.5 cm³/mol. The summed E-state index contributed by atoms with van der Waals surface area (Å²) >= 11 is 0. The van der Waals surface area contributed by atoms with Crippen LogP contribution in [0.4, 0.5) is 39.5 Å². The summed E-state index contributed by atoms with van der Waals surface area (Å²) in [6.07, 6.45) is -9.56. The lowest BCUT2D eigenvalue weighted by Crippen LogP contribution is -2.41. The number of carbonyl (C=O) groups excluding carboxylic acids is 2. The highest BCUT2D eigenvalue weighted by molar-refractivity contribution is 5.87. The van der Waals surface area contributed by atoms with Crippen LogP contribution in [0.3, 0.4) is 0 Å². The Morgan fingerprint density at radius 3 is 1.41 bits per heavy atom. The minimum Gasteiger partial charge on any atom is -0.456 e. The van der Waals surface area contributed by atoms with Crippen molar-refractivity contribution in [3.05, 3.63) is 24.3 Å². The molecule has 0 aliphatic carbocycles. The maximum Gasteiger partial charge on any atom is 0.456 e. The molecule has 0 atom stereocenters. The fraction of sp³-hybridized carbons (Fsp3) is 0.571. The van der Waals surface area contributed by atoms with Crippen LogP contribution in [0.2, 0.25) is 0 Å². The van der Waals surface area contributed by atoms with E-state index < -0.39 is 49.6 Å². The third kappa shape index (κ3) is 10.5. The molecule has 0 aliphatic rings. The number of hydrogen-bond acceptors (Lipinski definition) is 4. The standard InChI is InChI=1S/C7H7F5O2.C7H8F4O2/c1-4(2)5(13)14-3-6(8,9)7(10,11)12;1-4(2)5(12)13-3-7(10,11)6(8)9/h1,3H2,2H3;6H,1,3H2,2H3. The van der Waals surface area contributed by atoms with E-state index >= 15 is 0 Å². The van der Waals surface area contributed by atoms with Crippen LogP contribution in [0.1, 0.15) is 13.8 Å². The fourth-order valence-electron chi connectivity index (χ4n) is 0.709. The summed E-state index contributed by atoms with van der Waals surface area (Å²) in [5, 5.41) is 0. The first kappa shape index (κ1) is 27.0. The topological polar surface area (TPSA) is 52.6 Å². The second-order valence-corrected chi connectivity index (χ2v) is 4.98. The van der Waals surface area contributed by atoms with Crippen LogP contribution in [0.5, 0.6) is 0 Å². The number of halogens is 9. The Balaban J connectivity index is 0. The second-order valence-electron chi connectivity index (χ2n) is 4.98. The van der Waals surface area contributed by atoms with Crippen molar-refractivity contribution in [3.8, 4) is 0 Å². The summed E-state index contributed by atoms with van der Waals surface area (Å²) in [4.78, 5) is 21.0. The number of alkyl halides is 9. The third-order valence-corrected chi connectivity index (χ3v) is 2.21. The van der Waals surface area contributed by atoms with Gasteiger partial charge in [0.2, 0.25) is 0 Å². The zero-order valence-corrected chi connectivity index (χ0v) is 13.9. The van der Waals surface area contributed by atoms with Gasteiger partial charge in [-0.05, 0) is 13.8 Å². The van der Waals surface area contributed by atoms with Crippen LogP contribution in [0.15, 0.2) is 24.3 Å². The van der Waals surface area contributed by atoms with Gasteiger partial charge in [0, 0.05) is 11.1 Å². The largest absolute Gasteiger partial charge is 0.456 e. The molecule has 0 unspecified atom stereocenters. The van der Waals surface area contributed by atoms with E-state index in [1.54, 1.807) is 0 Å². The van der Waals surface area contributed by atoms with Gasteiger partial charge >= 0.3 is 36.4 Å². The Morgan fingerprint density at radius 1 is 0.815 bits per heavy atom. The number of esters is 2. The number of rotatable bonds is 7. The van der Waals surface area contributed by atoms with Crippen LogP contribution in [-0.4, -0.2) is 49.6 Å². The minimum atomic E-state index is -5.72. The Kier molecular flexibility index (Phi) is 10.2. The fourth-order valence-corrected chi connectivity index (χ4v) is 0.709. The molecule has 0 aromatic heterocycles. The lowest BCUT2D eigenvalue weighted by atomic mass is 10.3. The highest BCUT2D eigenvalue weighted by atomic mass is 19.4. The van der Waals surface area contributed by atoms with Gasteiger partial charge in [-0.15, -0.1) is 0 Å². The molecule has 0 spiro atoms. The van der Waals surface area contributed by atoms with Gasteiger partial charge in [-0.3, -0.25) is 0 Å². The molecular formula is C14H15F9O4. The molecule has 0 heterocycles. The SMILES string of the molecule is C=C(C)C(=O)OCC(F)(F)C(F)(F)F.C=C(C)C(=O)OCC(F)(F)C(F)F. The van der Waals surface area contributed by atoms with Crippen molar-refractivity contribution in [1.82, 2.24) is 0 Å². The molecule has 13 heteroatoms. The van der Waals surface area contributed by atoms with Crippen LogP contribution in [0, 0.1) is 0 Å². The molecule has 0 radical (unpaired) electrons. The molecule has 158 valence electrons. The highest BCUT2D eigenvalue weighted by Gasteiger charge is 2.58. The molecule has 0 amide bonds. The van der Waals surface area contributed by atoms with E-state index in [9.17, 15) is 49.1 Å². The maximum absolute atomic E-state index is 12.1. The van der Waals surface area contributed by atoms with Crippen LogP contribution >= 0.6 is 0 Å². The summed E-state index contributed by atoms with van der Waals surface area (Å²) in [6, 6.07) is 0. The smallest absolute Gasteiger partial charge is 0.456 e. The van der Waals surface area contributed by atoms with Crippen molar-refractivity contribution >= 4 is 11.9 Å². The Labute approximate surface area is 147 Å². The molecule has 0 fully saturated rings. The first-order valence-corrected chi connectivity index (χ1v) is 6.61. The van der Waals surface area contributed by atoms with Crippen molar-refractivity contribution in [1.29, 1.82) is 0 Å². The van der Waals surface area contributed by atoms with Gasteiger partial charge in [0.15, 0.2) is 13.2 Å². The van der Waals surface area contributed by atoms with Gasteiger partial charge in [-0.1, -0.05) is 13.2 Å². The van der Waals surface area contributed by atoms with Crippen molar-refractivity contribution in [3.63, 3.8) is 0 Å². The molecular weight excluding hydrogens is 403 g/mol. The van der Waals surface area contributed by atoms with Gasteiger partial charge in [-0.25, -0.2) is 18.4 Å². The Hall–Kier alpha value is -2.21. The quantitative estimate of drug-likeness (QED) is 0.351. The lowest BCUT2D eigenvalue weighted by Gasteiger charge is -2.18. The van der Waals surface area contributed by atoms with Crippen molar-refractivity contribution in [2.45, 2.75) is 38.3 Å². The van der Waals surface area contributed by atoms with Gasteiger partial charge in [0.1, 0.15) is 0 Å². The van der Waals surface area contributed by atoms with E-state index in [1.165, 1.54) is 6.92 Å². The average molecular weight is 418 g/mol. The molecule has 0 saturated heterocycles. The van der Waals surface area contributed by atoms with E-state index in [1.807, 2.05) is 0 Å². The van der Waals surface area contributed by atoms with E-state index in [0.717, 1.165) is 6.92 Å². The zero-order chi connectivity index (χ0) is 22.2. The highest BCUT2D eigenvalue weighted by Crippen LogP contribution is 2.35. The summed E-state index contributed by atoms with van der Waals surface area (Å²) in [5.74, 6) is -11.7. The normalized spacial score (nSPS) is 12.0. The Bertz CT molecular complexity index is 553. The Morgan fingerprint density at radius 2 is 1.15 bits per heavy atom. The molecule has 0 saturated carbocycles. The second kappa shape index (κ2) is 10.2. The number of carbonyl (C=O) groups is 2. The summed E-state index contributed by atoms with van der Waals surface area (Å²) in [5.41, 5.74) is -0.368. The van der Waals surface area contributed by atoms with E-state index in [2.05, 4.69) is 22.6 Å². The number of hydrogen-bond donors (Lipinski definition) is 0. The van der Waals surface area contributed by atoms with Crippen molar-refractivity contribution in [2.75, 3.05) is 13.2 Å². The van der Waals surface area contributed by atoms with Gasteiger partial charge < -0.3 is 9.47 Å².